The van der Waals surface area contributed by atoms with E-state index in [1.165, 1.54) is 51.4 Å². The van der Waals surface area contributed by atoms with E-state index in [0.717, 1.165) is 0 Å². The van der Waals surface area contributed by atoms with Crippen LogP contribution in [0.1, 0.15) is 51.4 Å². The van der Waals surface area contributed by atoms with E-state index in [1.807, 2.05) is 0 Å². The molecule has 3 saturated heterocycles. The zero-order chi connectivity index (χ0) is 15.9. The summed E-state index contributed by atoms with van der Waals surface area (Å²) in [6.07, 6.45) is 19.4. The molecule has 2 N–H and O–H groups in total. The molecule has 0 amide bonds. The molecule has 5 aliphatic heterocycles. The summed E-state index contributed by atoms with van der Waals surface area (Å²) >= 11 is 0. The molecule has 0 aromatic carbocycles. The van der Waals surface area contributed by atoms with Crippen molar-refractivity contribution in [2.24, 2.45) is 0 Å². The minimum atomic E-state index is 0. The Balaban J connectivity index is 0.00000157. The Kier molecular flexibility index (Phi) is 5.90. The van der Waals surface area contributed by atoms with Crippen molar-refractivity contribution in [1.82, 2.24) is 10.6 Å². The van der Waals surface area contributed by atoms with Crippen LogP contribution in [-0.4, -0.2) is 71.4 Å². The number of fused-ring (bicyclic) bond motifs is 8. The molecular weight excluding hydrogens is 321 g/mol. The second-order valence-electron chi connectivity index (χ2n) is 8.54. The molecule has 4 nitrogen and oxygen atoms in total. The van der Waals surface area contributed by atoms with E-state index in [-0.39, 0.29) is 23.1 Å². The molecule has 8 unspecified atom stereocenters. The van der Waals surface area contributed by atoms with Gasteiger partial charge in [-0.3, -0.25) is 0 Å². The van der Waals surface area contributed by atoms with Gasteiger partial charge in [0.15, 0.2) is 0 Å². The zero-order valence-corrected chi connectivity index (χ0v) is 16.6. The fraction of sp³-hybridized carbons (Fsp3) is 0.800. The van der Waals surface area contributed by atoms with Crippen molar-refractivity contribution in [3.8, 4) is 0 Å². The smallest absolute Gasteiger partial charge is 0.657 e. The Morgan fingerprint density at radius 3 is 1.08 bits per heavy atom. The van der Waals surface area contributed by atoms with Gasteiger partial charge in [-0.25, -0.2) is 0 Å². The average molecular weight is 351 g/mol. The van der Waals surface area contributed by atoms with Crippen molar-refractivity contribution >= 4 is 23.1 Å². The van der Waals surface area contributed by atoms with Gasteiger partial charge in [0.25, 0.3) is 0 Å². The van der Waals surface area contributed by atoms with Crippen molar-refractivity contribution in [2.75, 3.05) is 0 Å². The van der Waals surface area contributed by atoms with Crippen LogP contribution in [0.2, 0.25) is 0 Å². The Bertz CT molecular complexity index is 436. The Morgan fingerprint density at radius 1 is 0.520 bits per heavy atom. The van der Waals surface area contributed by atoms with Gasteiger partial charge in [-0.05, 0) is 0 Å². The van der Waals surface area contributed by atoms with E-state index >= 15 is 0 Å². The predicted molar refractivity (Wildman–Crippen MR) is 104 cm³/mol. The van der Waals surface area contributed by atoms with Gasteiger partial charge in [0.1, 0.15) is 0 Å². The second-order valence-corrected chi connectivity index (χ2v) is 8.54. The summed E-state index contributed by atoms with van der Waals surface area (Å²) in [5.41, 5.74) is 0. The normalized spacial score (nSPS) is 48.6. The van der Waals surface area contributed by atoms with Crippen molar-refractivity contribution in [1.29, 1.82) is 0 Å². The number of hydrogen-bond donors (Lipinski definition) is 2. The fourth-order valence-corrected chi connectivity index (χ4v) is 5.45. The monoisotopic (exact) mass is 350 g/mol. The molecule has 3 fully saturated rings. The van der Waals surface area contributed by atoms with Gasteiger partial charge in [-0.1, -0.05) is 75.7 Å². The first-order valence-electron chi connectivity index (χ1n) is 10.1. The van der Waals surface area contributed by atoms with E-state index in [1.54, 1.807) is 0 Å². The van der Waals surface area contributed by atoms with Gasteiger partial charge in [-0.2, -0.15) is 0 Å². The van der Waals surface area contributed by atoms with Gasteiger partial charge < -0.3 is 21.3 Å². The molecule has 5 heteroatoms. The van der Waals surface area contributed by atoms with Crippen LogP contribution in [0.4, 0.5) is 0 Å². The summed E-state index contributed by atoms with van der Waals surface area (Å²) < 4.78 is 0. The van der Waals surface area contributed by atoms with Crippen LogP contribution in [0.3, 0.4) is 0 Å². The number of nitrogens with zero attached hydrogens (tertiary/aromatic N) is 2. The second kappa shape index (κ2) is 7.99. The van der Waals surface area contributed by atoms with Crippen molar-refractivity contribution in [2.45, 2.75) is 99.7 Å². The molecule has 0 spiro atoms. The molecule has 0 radical (unpaired) electrons. The van der Waals surface area contributed by atoms with Gasteiger partial charge in [0, 0.05) is 24.2 Å². The van der Waals surface area contributed by atoms with Gasteiger partial charge in [0.2, 0.25) is 0 Å². The molecule has 5 rings (SSSR count). The molecule has 0 aromatic heterocycles. The molecule has 8 atom stereocenters. The summed E-state index contributed by atoms with van der Waals surface area (Å²) in [4.78, 5) is 0. The first-order chi connectivity index (χ1) is 11.8. The minimum absolute atomic E-state index is 0. The van der Waals surface area contributed by atoms with Crippen LogP contribution < -0.4 is 10.6 Å². The first kappa shape index (κ1) is 18.4. The maximum Gasteiger partial charge on any atom is 2.00 e. The summed E-state index contributed by atoms with van der Waals surface area (Å²) in [5.74, 6) is 0. The van der Waals surface area contributed by atoms with E-state index in [2.05, 4.69) is 34.9 Å². The molecule has 8 bridgehead atoms. The van der Waals surface area contributed by atoms with E-state index in [9.17, 15) is 0 Å². The molecule has 25 heavy (non-hydrogen) atoms. The van der Waals surface area contributed by atoms with Crippen molar-refractivity contribution < 1.29 is 0 Å². The Labute approximate surface area is 168 Å². The van der Waals surface area contributed by atoms with Crippen LogP contribution >= 0.6 is 0 Å². The van der Waals surface area contributed by atoms with E-state index in [4.69, 9.17) is 10.6 Å². The van der Waals surface area contributed by atoms with Gasteiger partial charge in [0.05, 0.1) is 0 Å². The fourth-order valence-electron chi connectivity index (χ4n) is 5.45. The summed E-state index contributed by atoms with van der Waals surface area (Å²) in [6, 6.07) is 4.36. The Morgan fingerprint density at radius 2 is 0.800 bits per heavy atom. The van der Waals surface area contributed by atoms with Crippen LogP contribution in [0.5, 0.6) is 0 Å². The van der Waals surface area contributed by atoms with E-state index < -0.39 is 0 Å². The van der Waals surface area contributed by atoms with Gasteiger partial charge in [-0.15, -0.1) is 24.2 Å². The van der Waals surface area contributed by atoms with Gasteiger partial charge >= 0.3 is 23.1 Å². The number of nitrogens with one attached hydrogen (secondary N) is 2. The predicted octanol–water partition coefficient (Wildman–Crippen LogP) is 2.78. The molecule has 0 saturated carbocycles. The molecule has 0 aliphatic carbocycles. The van der Waals surface area contributed by atoms with Crippen molar-refractivity contribution in [3.63, 3.8) is 0 Å². The SMILES string of the molecule is C1=CC2CC3CCC(CC4C=CC(CC5CCC(CC1N2)[N-]5)N4)[N-]3.[Mg+2]. The molecular formula is C20H30MgN4. The van der Waals surface area contributed by atoms with Crippen LogP contribution in [0.15, 0.2) is 24.3 Å². The molecule has 5 aliphatic rings. The zero-order valence-electron chi connectivity index (χ0n) is 15.2. The molecule has 0 aromatic rings. The van der Waals surface area contributed by atoms with Crippen molar-refractivity contribution in [3.05, 3.63) is 34.9 Å². The maximum atomic E-state index is 5.13. The summed E-state index contributed by atoms with van der Waals surface area (Å²) in [6.45, 7) is 0. The summed E-state index contributed by atoms with van der Waals surface area (Å²) in [7, 11) is 0. The third-order valence-electron chi connectivity index (χ3n) is 6.62. The molecule has 132 valence electrons. The third kappa shape index (κ3) is 4.33. The Hall–Kier alpha value is 0.0862. The largest absolute Gasteiger partial charge is 2.00 e. The quantitative estimate of drug-likeness (QED) is 0.521. The first-order valence-corrected chi connectivity index (χ1v) is 10.1. The maximum absolute atomic E-state index is 5.13. The molecule has 5 heterocycles. The topological polar surface area (TPSA) is 52.3 Å². The third-order valence-corrected chi connectivity index (χ3v) is 6.62. The van der Waals surface area contributed by atoms with E-state index in [0.29, 0.717) is 48.3 Å². The standard InChI is InChI=1S/C20H30N4.Mg/c1-2-14-10-16-5-6-18(23-16)12-20-8-7-19(24-20)11-17-4-3-15(22-17)9-13(1)21-14;/h1-2,7-8,13-21,24H,3-6,9-12H2;/q-2;+2. The summed E-state index contributed by atoms with van der Waals surface area (Å²) in [5, 5.41) is 17.9. The number of rotatable bonds is 0. The van der Waals surface area contributed by atoms with Crippen LogP contribution in [0, 0.1) is 0 Å². The number of hydrogen-bond acceptors (Lipinski definition) is 2. The minimum Gasteiger partial charge on any atom is -0.657 e. The van der Waals surface area contributed by atoms with Crippen LogP contribution in [-0.2, 0) is 0 Å². The average Bonchev–Trinajstić information content (AvgIpc) is 3.32. The van der Waals surface area contributed by atoms with Crippen LogP contribution in [0.25, 0.3) is 10.6 Å².